The maximum atomic E-state index is 12.9. The number of nitrogens with one attached hydrogen (secondary N) is 2. The average Bonchev–Trinajstić information content (AvgIpc) is 2.72. The molecule has 2 N–H and O–H groups in total. The molecule has 2 aromatic rings. The highest BCUT2D eigenvalue weighted by atomic mass is 35.5. The van der Waals surface area contributed by atoms with Crippen LogP contribution >= 0.6 is 11.6 Å². The molecular weight excluding hydrogens is 402 g/mol. The van der Waals surface area contributed by atoms with Crippen LogP contribution < -0.4 is 10.6 Å². The number of hydrogen-bond donors (Lipinski definition) is 2. The zero-order valence-corrected chi connectivity index (χ0v) is 17.9. The number of nitrogens with zero attached hydrogens (tertiary/aromatic N) is 1. The molecule has 0 aromatic heterocycles. The lowest BCUT2D eigenvalue weighted by Gasteiger charge is -2.36. The summed E-state index contributed by atoms with van der Waals surface area (Å²) in [5.74, 6) is -0.524. The molecule has 7 heteroatoms. The SMILES string of the molecule is CC(C)CC(=O)N1Cc2ccccc2CC1C(=O)NCC(=O)Nc1ccc(Cl)cc1. The van der Waals surface area contributed by atoms with E-state index in [0.717, 1.165) is 11.1 Å². The highest BCUT2D eigenvalue weighted by Gasteiger charge is 2.34. The van der Waals surface area contributed by atoms with Crippen LogP contribution in [0.3, 0.4) is 0 Å². The predicted molar refractivity (Wildman–Crippen MR) is 117 cm³/mol. The van der Waals surface area contributed by atoms with Gasteiger partial charge < -0.3 is 15.5 Å². The molecule has 0 aliphatic carbocycles. The number of rotatable bonds is 6. The standard InChI is InChI=1S/C23H26ClN3O3/c1-15(2)11-22(29)27-14-17-6-4-3-5-16(17)12-20(27)23(30)25-13-21(28)26-19-9-7-18(24)8-10-19/h3-10,15,20H,11-14H2,1-2H3,(H,25,30)(H,26,28). The summed E-state index contributed by atoms with van der Waals surface area (Å²) in [4.78, 5) is 39.5. The Kier molecular flexibility index (Phi) is 7.11. The molecule has 0 bridgehead atoms. The molecule has 1 unspecified atom stereocenters. The van der Waals surface area contributed by atoms with Gasteiger partial charge in [0.15, 0.2) is 0 Å². The molecule has 1 aliphatic heterocycles. The van der Waals surface area contributed by atoms with Crippen molar-refractivity contribution in [3.8, 4) is 0 Å². The van der Waals surface area contributed by atoms with Gasteiger partial charge in [-0.3, -0.25) is 14.4 Å². The number of benzene rings is 2. The van der Waals surface area contributed by atoms with Gasteiger partial charge in [-0.2, -0.15) is 0 Å². The normalized spacial score (nSPS) is 15.5. The first kappa shape index (κ1) is 21.8. The van der Waals surface area contributed by atoms with E-state index in [1.165, 1.54) is 0 Å². The van der Waals surface area contributed by atoms with Crippen LogP contribution in [0.4, 0.5) is 5.69 Å². The van der Waals surface area contributed by atoms with E-state index in [9.17, 15) is 14.4 Å². The molecule has 0 saturated carbocycles. The van der Waals surface area contributed by atoms with Crippen LogP contribution in [0.5, 0.6) is 0 Å². The van der Waals surface area contributed by atoms with E-state index in [2.05, 4.69) is 10.6 Å². The molecule has 0 fully saturated rings. The van der Waals surface area contributed by atoms with Gasteiger partial charge in [-0.25, -0.2) is 0 Å². The molecule has 3 amide bonds. The van der Waals surface area contributed by atoms with E-state index in [1.807, 2.05) is 38.1 Å². The second-order valence-corrected chi connectivity index (χ2v) is 8.32. The average molecular weight is 428 g/mol. The minimum atomic E-state index is -0.630. The van der Waals surface area contributed by atoms with E-state index in [1.54, 1.807) is 29.2 Å². The third-order valence-electron chi connectivity index (χ3n) is 5.01. The van der Waals surface area contributed by atoms with Crippen LogP contribution in [0.25, 0.3) is 0 Å². The molecule has 6 nitrogen and oxygen atoms in total. The summed E-state index contributed by atoms with van der Waals surface area (Å²) in [7, 11) is 0. The first-order valence-electron chi connectivity index (χ1n) is 10.0. The molecule has 1 aliphatic rings. The highest BCUT2D eigenvalue weighted by molar-refractivity contribution is 6.30. The van der Waals surface area contributed by atoms with Crippen molar-refractivity contribution < 1.29 is 14.4 Å². The third-order valence-corrected chi connectivity index (χ3v) is 5.26. The van der Waals surface area contributed by atoms with Crippen LogP contribution in [-0.4, -0.2) is 35.2 Å². The quantitative estimate of drug-likeness (QED) is 0.741. The van der Waals surface area contributed by atoms with E-state index in [4.69, 9.17) is 11.6 Å². The van der Waals surface area contributed by atoms with Crippen LogP contribution in [0.1, 0.15) is 31.4 Å². The summed E-state index contributed by atoms with van der Waals surface area (Å²) in [5, 5.41) is 5.97. The maximum Gasteiger partial charge on any atom is 0.243 e. The van der Waals surface area contributed by atoms with Crippen molar-refractivity contribution >= 4 is 35.0 Å². The van der Waals surface area contributed by atoms with Gasteiger partial charge in [-0.05, 0) is 41.3 Å². The summed E-state index contributed by atoms with van der Waals surface area (Å²) >= 11 is 5.84. The van der Waals surface area contributed by atoms with Crippen molar-refractivity contribution in [1.82, 2.24) is 10.2 Å². The lowest BCUT2D eigenvalue weighted by molar-refractivity contribution is -0.142. The second-order valence-electron chi connectivity index (χ2n) is 7.88. The van der Waals surface area contributed by atoms with Gasteiger partial charge in [-0.15, -0.1) is 0 Å². The molecule has 0 radical (unpaired) electrons. The molecular formula is C23H26ClN3O3. The number of anilines is 1. The Labute approximate surface area is 181 Å². The summed E-state index contributed by atoms with van der Waals surface area (Å²) in [6.45, 7) is 4.18. The van der Waals surface area contributed by atoms with E-state index >= 15 is 0 Å². The lowest BCUT2D eigenvalue weighted by Crippen LogP contribution is -2.53. The minimum Gasteiger partial charge on any atom is -0.345 e. The number of halogens is 1. The van der Waals surface area contributed by atoms with Gasteiger partial charge in [-0.1, -0.05) is 49.7 Å². The minimum absolute atomic E-state index is 0.0507. The maximum absolute atomic E-state index is 12.9. The van der Waals surface area contributed by atoms with Gasteiger partial charge in [0.2, 0.25) is 17.7 Å². The predicted octanol–water partition coefficient (Wildman–Crippen LogP) is 3.39. The molecule has 1 heterocycles. The largest absolute Gasteiger partial charge is 0.345 e. The van der Waals surface area contributed by atoms with Crippen LogP contribution in [0, 0.1) is 5.92 Å². The Morgan fingerprint density at radius 3 is 2.40 bits per heavy atom. The van der Waals surface area contributed by atoms with E-state index in [0.29, 0.717) is 30.1 Å². The molecule has 30 heavy (non-hydrogen) atoms. The topological polar surface area (TPSA) is 78.5 Å². The van der Waals surface area contributed by atoms with Crippen molar-refractivity contribution in [2.24, 2.45) is 5.92 Å². The molecule has 2 aromatic carbocycles. The Hall–Kier alpha value is -2.86. The number of carbonyl (C=O) groups excluding carboxylic acids is 3. The molecule has 0 saturated heterocycles. The van der Waals surface area contributed by atoms with Crippen LogP contribution in [0.15, 0.2) is 48.5 Å². The molecule has 3 rings (SSSR count). The van der Waals surface area contributed by atoms with Crippen molar-refractivity contribution in [3.63, 3.8) is 0 Å². The fourth-order valence-electron chi connectivity index (χ4n) is 3.51. The lowest BCUT2D eigenvalue weighted by atomic mass is 9.92. The number of carbonyl (C=O) groups is 3. The summed E-state index contributed by atoms with van der Waals surface area (Å²) < 4.78 is 0. The highest BCUT2D eigenvalue weighted by Crippen LogP contribution is 2.25. The Morgan fingerprint density at radius 1 is 1.07 bits per heavy atom. The van der Waals surface area contributed by atoms with Gasteiger partial charge >= 0.3 is 0 Å². The number of fused-ring (bicyclic) bond motifs is 1. The smallest absolute Gasteiger partial charge is 0.243 e. The van der Waals surface area contributed by atoms with Gasteiger partial charge in [0.25, 0.3) is 0 Å². The Balaban J connectivity index is 1.66. The molecule has 158 valence electrons. The van der Waals surface area contributed by atoms with Gasteiger partial charge in [0, 0.05) is 30.1 Å². The molecule has 1 atom stereocenters. The molecule has 0 spiro atoms. The zero-order chi connectivity index (χ0) is 21.7. The van der Waals surface area contributed by atoms with Crippen molar-refractivity contribution in [2.45, 2.75) is 39.3 Å². The second kappa shape index (κ2) is 9.76. The number of hydrogen-bond acceptors (Lipinski definition) is 3. The first-order valence-corrected chi connectivity index (χ1v) is 10.4. The zero-order valence-electron chi connectivity index (χ0n) is 17.2. The van der Waals surface area contributed by atoms with Gasteiger partial charge in [0.05, 0.1) is 6.54 Å². The van der Waals surface area contributed by atoms with Crippen molar-refractivity contribution in [1.29, 1.82) is 0 Å². The van der Waals surface area contributed by atoms with Crippen LogP contribution in [-0.2, 0) is 27.3 Å². The van der Waals surface area contributed by atoms with Crippen molar-refractivity contribution in [2.75, 3.05) is 11.9 Å². The fraction of sp³-hybridized carbons (Fsp3) is 0.348. The first-order chi connectivity index (χ1) is 14.3. The van der Waals surface area contributed by atoms with Gasteiger partial charge in [0.1, 0.15) is 6.04 Å². The fourth-order valence-corrected chi connectivity index (χ4v) is 3.64. The summed E-state index contributed by atoms with van der Waals surface area (Å²) in [6, 6.07) is 13.9. The summed E-state index contributed by atoms with van der Waals surface area (Å²) in [6.07, 6.45) is 0.813. The van der Waals surface area contributed by atoms with E-state index < -0.39 is 6.04 Å². The third kappa shape index (κ3) is 5.60. The monoisotopic (exact) mass is 427 g/mol. The van der Waals surface area contributed by atoms with Crippen LogP contribution in [0.2, 0.25) is 5.02 Å². The Morgan fingerprint density at radius 2 is 1.73 bits per heavy atom. The van der Waals surface area contributed by atoms with E-state index in [-0.39, 0.29) is 30.2 Å². The number of amides is 3. The summed E-state index contributed by atoms with van der Waals surface area (Å²) in [5.41, 5.74) is 2.70. The van der Waals surface area contributed by atoms with Crippen molar-refractivity contribution in [3.05, 3.63) is 64.7 Å². The Bertz CT molecular complexity index is 928.